The van der Waals surface area contributed by atoms with Crippen LogP contribution in [0.25, 0.3) is 5.57 Å². The number of imide groups is 1. The van der Waals surface area contributed by atoms with Crippen LogP contribution in [-0.2, 0) is 16.1 Å². The molecule has 0 saturated heterocycles. The minimum absolute atomic E-state index is 0.0565. The van der Waals surface area contributed by atoms with Gasteiger partial charge in [0.15, 0.2) is 0 Å². The lowest BCUT2D eigenvalue weighted by atomic mass is 10.1. The molecule has 0 aliphatic carbocycles. The van der Waals surface area contributed by atoms with Gasteiger partial charge in [0.2, 0.25) is 0 Å². The number of amides is 2. The molecule has 0 atom stereocenters. The van der Waals surface area contributed by atoms with Crippen molar-refractivity contribution in [3.63, 3.8) is 0 Å². The Morgan fingerprint density at radius 2 is 1.71 bits per heavy atom. The zero-order chi connectivity index (χ0) is 22.0. The van der Waals surface area contributed by atoms with Crippen LogP contribution in [0.15, 0.2) is 71.7 Å². The van der Waals surface area contributed by atoms with E-state index in [2.05, 4.69) is 5.32 Å². The van der Waals surface area contributed by atoms with Crippen molar-refractivity contribution in [2.24, 2.45) is 0 Å². The number of carbonyl (C=O) groups excluding carboxylic acids is 2. The van der Waals surface area contributed by atoms with E-state index in [9.17, 15) is 14.0 Å². The summed E-state index contributed by atoms with van der Waals surface area (Å²) in [5.41, 5.74) is 1.91. The SMILES string of the molecule is CC(C)Oc1ccc(NC2=C(c3cccs3)C(=O)N(Cc3ccc(F)cc3)C2=O)cc1. The molecule has 0 radical (unpaired) electrons. The van der Waals surface area contributed by atoms with E-state index in [1.807, 2.05) is 43.5 Å². The zero-order valence-corrected chi connectivity index (χ0v) is 17.9. The molecule has 2 heterocycles. The number of rotatable bonds is 7. The van der Waals surface area contributed by atoms with Gasteiger partial charge in [0.1, 0.15) is 17.3 Å². The molecule has 5 nitrogen and oxygen atoms in total. The molecule has 0 fully saturated rings. The molecule has 1 aliphatic heterocycles. The number of nitrogens with zero attached hydrogens (tertiary/aromatic N) is 1. The van der Waals surface area contributed by atoms with Crippen molar-refractivity contribution in [1.82, 2.24) is 4.90 Å². The van der Waals surface area contributed by atoms with E-state index >= 15 is 0 Å². The van der Waals surface area contributed by atoms with Crippen LogP contribution in [0.2, 0.25) is 0 Å². The highest BCUT2D eigenvalue weighted by Crippen LogP contribution is 2.34. The molecule has 0 spiro atoms. The van der Waals surface area contributed by atoms with Crippen molar-refractivity contribution in [1.29, 1.82) is 0 Å². The Morgan fingerprint density at radius 3 is 2.32 bits per heavy atom. The standard InChI is InChI=1S/C24H21FN2O3S/c1-15(2)30-19-11-9-18(10-12-19)26-22-21(20-4-3-13-31-20)23(28)27(24(22)29)14-16-5-7-17(25)8-6-16/h3-13,15,26H,14H2,1-2H3. The Hall–Kier alpha value is -3.45. The summed E-state index contributed by atoms with van der Waals surface area (Å²) in [6.07, 6.45) is 0.0565. The van der Waals surface area contributed by atoms with Crippen LogP contribution in [0.3, 0.4) is 0 Å². The average molecular weight is 437 g/mol. The molecule has 0 unspecified atom stereocenters. The summed E-state index contributed by atoms with van der Waals surface area (Å²) in [7, 11) is 0. The molecule has 2 aromatic carbocycles. The number of benzene rings is 2. The first-order chi connectivity index (χ1) is 14.9. The second-order valence-electron chi connectivity index (χ2n) is 7.37. The van der Waals surface area contributed by atoms with Crippen LogP contribution in [-0.4, -0.2) is 22.8 Å². The van der Waals surface area contributed by atoms with E-state index in [1.54, 1.807) is 24.3 Å². The molecule has 0 saturated carbocycles. The van der Waals surface area contributed by atoms with E-state index in [1.165, 1.54) is 28.4 Å². The summed E-state index contributed by atoms with van der Waals surface area (Å²) in [5, 5.41) is 4.98. The number of hydrogen-bond acceptors (Lipinski definition) is 5. The molecule has 7 heteroatoms. The fraction of sp³-hybridized carbons (Fsp3) is 0.167. The number of ether oxygens (including phenoxy) is 1. The van der Waals surface area contributed by atoms with Crippen molar-refractivity contribution >= 4 is 34.4 Å². The predicted molar refractivity (Wildman–Crippen MR) is 119 cm³/mol. The van der Waals surface area contributed by atoms with Gasteiger partial charge in [-0.3, -0.25) is 14.5 Å². The van der Waals surface area contributed by atoms with E-state index in [-0.39, 0.29) is 30.1 Å². The Balaban J connectivity index is 1.63. The fourth-order valence-corrected chi connectivity index (χ4v) is 4.06. The maximum atomic E-state index is 13.2. The molecule has 31 heavy (non-hydrogen) atoms. The Labute approximate surface area is 183 Å². The number of hydrogen-bond donors (Lipinski definition) is 1. The quantitative estimate of drug-likeness (QED) is 0.526. The van der Waals surface area contributed by atoms with Crippen LogP contribution in [0.1, 0.15) is 24.3 Å². The van der Waals surface area contributed by atoms with Gasteiger partial charge in [-0.15, -0.1) is 11.3 Å². The van der Waals surface area contributed by atoms with Gasteiger partial charge in [0, 0.05) is 10.6 Å². The lowest BCUT2D eigenvalue weighted by Crippen LogP contribution is -2.31. The first kappa shape index (κ1) is 20.8. The second kappa shape index (κ2) is 8.73. The molecule has 1 aromatic heterocycles. The normalized spacial score (nSPS) is 14.0. The van der Waals surface area contributed by atoms with Gasteiger partial charge in [-0.1, -0.05) is 18.2 Å². The molecule has 0 bridgehead atoms. The summed E-state index contributed by atoms with van der Waals surface area (Å²) >= 11 is 1.39. The Morgan fingerprint density at radius 1 is 1.00 bits per heavy atom. The van der Waals surface area contributed by atoms with Crippen LogP contribution in [0, 0.1) is 5.82 Å². The minimum Gasteiger partial charge on any atom is -0.491 e. The van der Waals surface area contributed by atoms with Crippen molar-refractivity contribution in [2.45, 2.75) is 26.5 Å². The third-order valence-corrected chi connectivity index (χ3v) is 5.57. The lowest BCUT2D eigenvalue weighted by molar-refractivity contribution is -0.137. The van der Waals surface area contributed by atoms with Crippen LogP contribution < -0.4 is 10.1 Å². The van der Waals surface area contributed by atoms with E-state index in [0.717, 1.165) is 5.75 Å². The van der Waals surface area contributed by atoms with Gasteiger partial charge in [-0.25, -0.2) is 4.39 Å². The number of carbonyl (C=O) groups is 2. The van der Waals surface area contributed by atoms with Gasteiger partial charge < -0.3 is 10.1 Å². The molecular weight excluding hydrogens is 415 g/mol. The van der Waals surface area contributed by atoms with Gasteiger partial charge in [-0.2, -0.15) is 0 Å². The van der Waals surface area contributed by atoms with Crippen LogP contribution in [0.4, 0.5) is 10.1 Å². The highest BCUT2D eigenvalue weighted by molar-refractivity contribution is 7.11. The third-order valence-electron chi connectivity index (χ3n) is 4.68. The number of anilines is 1. The zero-order valence-electron chi connectivity index (χ0n) is 17.1. The molecule has 3 aromatic rings. The molecule has 158 valence electrons. The minimum atomic E-state index is -0.416. The highest BCUT2D eigenvalue weighted by atomic mass is 32.1. The largest absolute Gasteiger partial charge is 0.491 e. The summed E-state index contributed by atoms with van der Waals surface area (Å²) in [4.78, 5) is 28.3. The summed E-state index contributed by atoms with van der Waals surface area (Å²) < 4.78 is 18.9. The smallest absolute Gasteiger partial charge is 0.278 e. The molecule has 2 amide bonds. The monoisotopic (exact) mass is 436 g/mol. The lowest BCUT2D eigenvalue weighted by Gasteiger charge is -2.15. The van der Waals surface area contributed by atoms with Crippen molar-refractivity contribution < 1.29 is 18.7 Å². The molecule has 1 aliphatic rings. The maximum Gasteiger partial charge on any atom is 0.278 e. The first-order valence-corrected chi connectivity index (χ1v) is 10.7. The van der Waals surface area contributed by atoms with E-state index in [4.69, 9.17) is 4.74 Å². The maximum absolute atomic E-state index is 13.2. The van der Waals surface area contributed by atoms with E-state index in [0.29, 0.717) is 21.7 Å². The highest BCUT2D eigenvalue weighted by Gasteiger charge is 2.39. The topological polar surface area (TPSA) is 58.6 Å². The number of thiophene rings is 1. The third kappa shape index (κ3) is 4.51. The van der Waals surface area contributed by atoms with Gasteiger partial charge in [0.05, 0.1) is 18.2 Å². The molecule has 4 rings (SSSR count). The first-order valence-electron chi connectivity index (χ1n) is 9.85. The Kier molecular flexibility index (Phi) is 5.86. The average Bonchev–Trinajstić information content (AvgIpc) is 3.34. The summed E-state index contributed by atoms with van der Waals surface area (Å²) in [6, 6.07) is 16.6. The number of nitrogens with one attached hydrogen (secondary N) is 1. The van der Waals surface area contributed by atoms with Gasteiger partial charge in [0.25, 0.3) is 11.8 Å². The van der Waals surface area contributed by atoms with Gasteiger partial charge >= 0.3 is 0 Å². The van der Waals surface area contributed by atoms with Crippen molar-refractivity contribution in [3.05, 3.63) is 88.0 Å². The van der Waals surface area contributed by atoms with E-state index < -0.39 is 5.91 Å². The molecule has 1 N–H and O–H groups in total. The second-order valence-corrected chi connectivity index (χ2v) is 8.31. The van der Waals surface area contributed by atoms with Crippen LogP contribution in [0.5, 0.6) is 5.75 Å². The summed E-state index contributed by atoms with van der Waals surface area (Å²) in [6.45, 7) is 3.96. The fourth-order valence-electron chi connectivity index (χ4n) is 3.29. The van der Waals surface area contributed by atoms with Crippen molar-refractivity contribution in [3.8, 4) is 5.75 Å². The molecular formula is C24H21FN2O3S. The Bertz CT molecular complexity index is 1120. The predicted octanol–water partition coefficient (Wildman–Crippen LogP) is 5.07. The van der Waals surface area contributed by atoms with Gasteiger partial charge in [-0.05, 0) is 67.3 Å². The summed E-state index contributed by atoms with van der Waals surface area (Å²) in [5.74, 6) is -0.438. The number of halogens is 1. The van der Waals surface area contributed by atoms with Crippen molar-refractivity contribution in [2.75, 3.05) is 5.32 Å². The van der Waals surface area contributed by atoms with Crippen LogP contribution >= 0.6 is 11.3 Å².